The summed E-state index contributed by atoms with van der Waals surface area (Å²) in [6, 6.07) is 5.51. The molecule has 0 heterocycles. The van der Waals surface area contributed by atoms with Crippen LogP contribution >= 0.6 is 15.9 Å². The van der Waals surface area contributed by atoms with Crippen molar-refractivity contribution in [3.8, 4) is 0 Å². The second-order valence-corrected chi connectivity index (χ2v) is 5.50. The van der Waals surface area contributed by atoms with Crippen molar-refractivity contribution in [3.05, 3.63) is 38.3 Å². The maximum Gasteiger partial charge on any atom is 0.275 e. The number of hydrogen-bond acceptors (Lipinski definition) is 3. The molecule has 0 spiro atoms. The van der Waals surface area contributed by atoms with E-state index >= 15 is 0 Å². The third-order valence-electron chi connectivity index (χ3n) is 3.36. The van der Waals surface area contributed by atoms with Crippen LogP contribution in [0.25, 0.3) is 0 Å². The fourth-order valence-electron chi connectivity index (χ4n) is 1.68. The number of nitrogens with zero attached hydrogens (tertiary/aromatic N) is 1. The fourth-order valence-corrected chi connectivity index (χ4v) is 2.03. The van der Waals surface area contributed by atoms with Gasteiger partial charge in [-0.25, -0.2) is 0 Å². The van der Waals surface area contributed by atoms with Gasteiger partial charge in [-0.15, -0.1) is 0 Å². The Balaban J connectivity index is 2.76. The Morgan fingerprint density at radius 3 is 2.67 bits per heavy atom. The molecule has 18 heavy (non-hydrogen) atoms. The van der Waals surface area contributed by atoms with E-state index in [0.717, 1.165) is 16.5 Å². The Morgan fingerprint density at radius 1 is 1.44 bits per heavy atom. The Morgan fingerprint density at radius 2 is 2.11 bits per heavy atom. The van der Waals surface area contributed by atoms with E-state index in [2.05, 4.69) is 42.0 Å². The van der Waals surface area contributed by atoms with Crippen LogP contribution in [0.15, 0.2) is 22.7 Å². The van der Waals surface area contributed by atoms with E-state index in [1.54, 1.807) is 12.1 Å². The van der Waals surface area contributed by atoms with Gasteiger partial charge >= 0.3 is 0 Å². The van der Waals surface area contributed by atoms with E-state index in [9.17, 15) is 10.1 Å². The second kappa shape index (κ2) is 6.85. The Labute approximate surface area is 116 Å². The molecule has 2 atom stereocenters. The van der Waals surface area contributed by atoms with Gasteiger partial charge < -0.3 is 5.32 Å². The van der Waals surface area contributed by atoms with Crippen molar-refractivity contribution in [2.45, 2.75) is 39.8 Å². The lowest BCUT2D eigenvalue weighted by atomic mass is 10.0. The minimum Gasteiger partial charge on any atom is -0.310 e. The van der Waals surface area contributed by atoms with Crippen molar-refractivity contribution in [2.24, 2.45) is 5.92 Å². The molecule has 0 amide bonds. The molecule has 1 N–H and O–H groups in total. The number of rotatable bonds is 6. The van der Waals surface area contributed by atoms with Gasteiger partial charge in [0, 0.05) is 28.7 Å². The van der Waals surface area contributed by atoms with Crippen molar-refractivity contribution in [1.29, 1.82) is 0 Å². The minimum atomic E-state index is -0.338. The summed E-state index contributed by atoms with van der Waals surface area (Å²) in [5.74, 6) is 0.555. The summed E-state index contributed by atoms with van der Waals surface area (Å²) in [4.78, 5) is 10.6. The molecule has 0 fully saturated rings. The summed E-state index contributed by atoms with van der Waals surface area (Å²) in [7, 11) is 0. The number of nitro groups is 1. The summed E-state index contributed by atoms with van der Waals surface area (Å²) in [6.45, 7) is 6.95. The number of halogens is 1. The van der Waals surface area contributed by atoms with Gasteiger partial charge in [-0.3, -0.25) is 10.1 Å². The summed E-state index contributed by atoms with van der Waals surface area (Å²) in [5.41, 5.74) is 0.881. The highest BCUT2D eigenvalue weighted by molar-refractivity contribution is 9.10. The van der Waals surface area contributed by atoms with Crippen LogP contribution in [0, 0.1) is 16.0 Å². The number of nitro benzene ring substituents is 1. The maximum absolute atomic E-state index is 11.0. The SMILES string of the molecule is CCC(C)C(C)NCc1ccc(Br)cc1[N+](=O)[O-]. The first kappa shape index (κ1) is 15.1. The molecule has 0 aliphatic rings. The molecule has 0 aliphatic carbocycles. The van der Waals surface area contributed by atoms with Gasteiger partial charge in [0.2, 0.25) is 0 Å². The molecule has 1 aromatic rings. The molecular formula is C13H19BrN2O2. The number of benzene rings is 1. The molecule has 100 valence electrons. The molecule has 1 rings (SSSR count). The van der Waals surface area contributed by atoms with E-state index in [-0.39, 0.29) is 10.6 Å². The van der Waals surface area contributed by atoms with Gasteiger partial charge in [-0.1, -0.05) is 36.2 Å². The Hall–Kier alpha value is -0.940. The van der Waals surface area contributed by atoms with Crippen LogP contribution < -0.4 is 5.32 Å². The van der Waals surface area contributed by atoms with Crippen molar-refractivity contribution >= 4 is 21.6 Å². The molecule has 2 unspecified atom stereocenters. The van der Waals surface area contributed by atoms with E-state index < -0.39 is 0 Å². The predicted molar refractivity (Wildman–Crippen MR) is 76.6 cm³/mol. The zero-order valence-electron chi connectivity index (χ0n) is 10.9. The molecule has 1 aromatic carbocycles. The number of nitrogens with one attached hydrogen (secondary N) is 1. The molecule has 0 bridgehead atoms. The second-order valence-electron chi connectivity index (χ2n) is 4.59. The third-order valence-corrected chi connectivity index (χ3v) is 3.85. The lowest BCUT2D eigenvalue weighted by molar-refractivity contribution is -0.385. The number of hydrogen-bond donors (Lipinski definition) is 1. The average Bonchev–Trinajstić information content (AvgIpc) is 2.35. The summed E-state index contributed by atoms with van der Waals surface area (Å²) >= 11 is 3.25. The summed E-state index contributed by atoms with van der Waals surface area (Å²) in [5, 5.41) is 14.3. The topological polar surface area (TPSA) is 55.2 Å². The van der Waals surface area contributed by atoms with Gasteiger partial charge in [0.15, 0.2) is 0 Å². The average molecular weight is 315 g/mol. The van der Waals surface area contributed by atoms with Gasteiger partial charge in [-0.05, 0) is 25.0 Å². The van der Waals surface area contributed by atoms with Crippen LogP contribution in [0.5, 0.6) is 0 Å². The van der Waals surface area contributed by atoms with Crippen LogP contribution in [-0.2, 0) is 6.54 Å². The van der Waals surface area contributed by atoms with Crippen LogP contribution in [0.2, 0.25) is 0 Å². The minimum absolute atomic E-state index is 0.160. The van der Waals surface area contributed by atoms with E-state index in [1.807, 2.05) is 6.07 Å². The van der Waals surface area contributed by atoms with Crippen LogP contribution in [0.1, 0.15) is 32.8 Å². The standard InChI is InChI=1S/C13H19BrN2O2/c1-4-9(2)10(3)15-8-11-5-6-12(14)7-13(11)16(17)18/h5-7,9-10,15H,4,8H2,1-3H3. The molecule has 0 aliphatic heterocycles. The quantitative estimate of drug-likeness (QED) is 0.640. The van der Waals surface area contributed by atoms with Crippen LogP contribution in [-0.4, -0.2) is 11.0 Å². The lowest BCUT2D eigenvalue weighted by Gasteiger charge is -2.19. The van der Waals surface area contributed by atoms with Crippen molar-refractivity contribution in [2.75, 3.05) is 0 Å². The fraction of sp³-hybridized carbons (Fsp3) is 0.538. The highest BCUT2D eigenvalue weighted by atomic mass is 79.9. The van der Waals surface area contributed by atoms with E-state index in [1.165, 1.54) is 0 Å². The molecular weight excluding hydrogens is 296 g/mol. The largest absolute Gasteiger partial charge is 0.310 e. The molecule has 0 saturated heterocycles. The van der Waals surface area contributed by atoms with E-state index in [0.29, 0.717) is 18.5 Å². The zero-order chi connectivity index (χ0) is 13.7. The van der Waals surface area contributed by atoms with Crippen LogP contribution in [0.3, 0.4) is 0 Å². The summed E-state index contributed by atoms with van der Waals surface area (Å²) in [6.07, 6.45) is 1.09. The lowest BCUT2D eigenvalue weighted by Crippen LogP contribution is -2.31. The predicted octanol–water partition coefficient (Wildman–Crippen LogP) is 3.88. The van der Waals surface area contributed by atoms with Crippen molar-refractivity contribution in [3.63, 3.8) is 0 Å². The molecule has 0 aromatic heterocycles. The van der Waals surface area contributed by atoms with Gasteiger partial charge in [0.05, 0.1) is 4.92 Å². The molecule has 5 heteroatoms. The van der Waals surface area contributed by atoms with Gasteiger partial charge in [0.25, 0.3) is 5.69 Å². The highest BCUT2D eigenvalue weighted by Gasteiger charge is 2.16. The maximum atomic E-state index is 11.0. The molecule has 4 nitrogen and oxygen atoms in total. The smallest absolute Gasteiger partial charge is 0.275 e. The van der Waals surface area contributed by atoms with Crippen molar-refractivity contribution < 1.29 is 4.92 Å². The third kappa shape index (κ3) is 4.07. The molecule has 0 radical (unpaired) electrons. The van der Waals surface area contributed by atoms with Crippen molar-refractivity contribution in [1.82, 2.24) is 5.32 Å². The first-order chi connectivity index (χ1) is 8.45. The first-order valence-electron chi connectivity index (χ1n) is 6.11. The van der Waals surface area contributed by atoms with Gasteiger partial charge in [0.1, 0.15) is 0 Å². The van der Waals surface area contributed by atoms with Crippen LogP contribution in [0.4, 0.5) is 5.69 Å². The Kier molecular flexibility index (Phi) is 5.75. The normalized spacial score (nSPS) is 14.2. The zero-order valence-corrected chi connectivity index (χ0v) is 12.5. The van der Waals surface area contributed by atoms with E-state index in [4.69, 9.17) is 0 Å². The summed E-state index contributed by atoms with van der Waals surface area (Å²) < 4.78 is 0.730. The molecule has 0 saturated carbocycles. The highest BCUT2D eigenvalue weighted by Crippen LogP contribution is 2.23. The first-order valence-corrected chi connectivity index (χ1v) is 6.91. The Bertz CT molecular complexity index is 423. The monoisotopic (exact) mass is 314 g/mol. The van der Waals surface area contributed by atoms with Gasteiger partial charge in [-0.2, -0.15) is 0 Å².